The molecule has 2 aromatic rings. The summed E-state index contributed by atoms with van der Waals surface area (Å²) in [4.78, 5) is 16.3. The number of anilines is 1. The summed E-state index contributed by atoms with van der Waals surface area (Å²) in [6.07, 6.45) is 3.84. The van der Waals surface area contributed by atoms with Crippen molar-refractivity contribution in [3.05, 3.63) is 51.3 Å². The first-order valence-electron chi connectivity index (χ1n) is 8.99. The molecule has 1 heterocycles. The Kier molecular flexibility index (Phi) is 7.67. The number of hydrogen-bond donors (Lipinski definition) is 0. The van der Waals surface area contributed by atoms with Gasteiger partial charge in [-0.1, -0.05) is 30.0 Å². The van der Waals surface area contributed by atoms with Gasteiger partial charge in [0.15, 0.2) is 15.8 Å². The molecule has 0 spiro atoms. The topological polar surface area (TPSA) is 38.8 Å². The largest absolute Gasteiger partial charge is 0.490 e. The van der Waals surface area contributed by atoms with Crippen molar-refractivity contribution < 1.29 is 14.3 Å². The van der Waals surface area contributed by atoms with Crippen LogP contribution in [-0.4, -0.2) is 29.7 Å². The number of carbonyl (C=O) groups excluding carboxylic acids is 1. The van der Waals surface area contributed by atoms with E-state index in [0.29, 0.717) is 33.9 Å². The van der Waals surface area contributed by atoms with E-state index >= 15 is 0 Å². The van der Waals surface area contributed by atoms with E-state index in [1.807, 2.05) is 62.6 Å². The molecule has 1 saturated heterocycles. The van der Waals surface area contributed by atoms with Gasteiger partial charge in [-0.05, 0) is 78.0 Å². The summed E-state index contributed by atoms with van der Waals surface area (Å²) in [7, 11) is 0. The molecule has 0 aliphatic carbocycles. The molecule has 152 valence electrons. The van der Waals surface area contributed by atoms with Crippen molar-refractivity contribution in [3.8, 4) is 11.5 Å². The van der Waals surface area contributed by atoms with Crippen LogP contribution >= 0.6 is 51.7 Å². The molecular weight excluding hydrogens is 490 g/mol. The van der Waals surface area contributed by atoms with Gasteiger partial charge in [-0.2, -0.15) is 0 Å². The van der Waals surface area contributed by atoms with E-state index in [2.05, 4.69) is 15.9 Å². The number of ether oxygens (including phenoxy) is 2. The number of benzene rings is 2. The van der Waals surface area contributed by atoms with Gasteiger partial charge in [-0.3, -0.25) is 9.69 Å². The molecule has 0 unspecified atom stereocenters. The van der Waals surface area contributed by atoms with E-state index in [0.717, 1.165) is 20.6 Å². The predicted molar refractivity (Wildman–Crippen MR) is 130 cm³/mol. The normalized spacial score (nSPS) is 15.3. The summed E-state index contributed by atoms with van der Waals surface area (Å²) in [5, 5.41) is 0. The maximum Gasteiger partial charge on any atom is 0.270 e. The zero-order chi connectivity index (χ0) is 21.0. The fourth-order valence-corrected chi connectivity index (χ4v) is 5.14. The van der Waals surface area contributed by atoms with Gasteiger partial charge < -0.3 is 9.47 Å². The van der Waals surface area contributed by atoms with Gasteiger partial charge in [0.05, 0.1) is 28.3 Å². The molecule has 3 rings (SSSR count). The minimum atomic E-state index is -0.124. The highest BCUT2D eigenvalue weighted by Gasteiger charge is 2.33. The lowest BCUT2D eigenvalue weighted by molar-refractivity contribution is -0.113. The standard InChI is InChI=1S/C21H20BrNO3S3/c1-4-25-17-10-13(9-16(22)19(17)26-5-2)11-18-20(24)23(21(27)29-18)14-7-6-8-15(12-14)28-3/h6-12H,4-5H2,1-3H3/b18-11+. The number of hydrogen-bond acceptors (Lipinski definition) is 6. The van der Waals surface area contributed by atoms with Crippen LogP contribution in [0.5, 0.6) is 11.5 Å². The van der Waals surface area contributed by atoms with Crippen LogP contribution in [0.2, 0.25) is 0 Å². The van der Waals surface area contributed by atoms with Crippen molar-refractivity contribution in [1.82, 2.24) is 0 Å². The molecule has 1 aliphatic heterocycles. The smallest absolute Gasteiger partial charge is 0.270 e. The lowest BCUT2D eigenvalue weighted by Crippen LogP contribution is -2.27. The molecule has 0 N–H and O–H groups in total. The molecule has 2 aromatic carbocycles. The fourth-order valence-electron chi connectivity index (χ4n) is 2.81. The number of nitrogens with zero attached hydrogens (tertiary/aromatic N) is 1. The molecule has 8 heteroatoms. The van der Waals surface area contributed by atoms with Gasteiger partial charge in [0.25, 0.3) is 5.91 Å². The number of rotatable bonds is 7. The second kappa shape index (κ2) is 10.0. The Morgan fingerprint density at radius 2 is 1.97 bits per heavy atom. The first-order valence-corrected chi connectivity index (χ1v) is 12.2. The molecule has 0 atom stereocenters. The Morgan fingerprint density at radius 1 is 1.21 bits per heavy atom. The maximum absolute atomic E-state index is 13.1. The van der Waals surface area contributed by atoms with Crippen molar-refractivity contribution in [2.75, 3.05) is 24.4 Å². The van der Waals surface area contributed by atoms with Crippen molar-refractivity contribution in [1.29, 1.82) is 0 Å². The van der Waals surface area contributed by atoms with Crippen LogP contribution in [0.4, 0.5) is 5.69 Å². The van der Waals surface area contributed by atoms with Crippen molar-refractivity contribution in [2.24, 2.45) is 0 Å². The second-order valence-electron chi connectivity index (χ2n) is 5.91. The lowest BCUT2D eigenvalue weighted by Gasteiger charge is -2.15. The summed E-state index contributed by atoms with van der Waals surface area (Å²) in [5.74, 6) is 1.17. The van der Waals surface area contributed by atoms with Crippen molar-refractivity contribution >= 4 is 73.7 Å². The van der Waals surface area contributed by atoms with Gasteiger partial charge >= 0.3 is 0 Å². The average molecular weight is 511 g/mol. The van der Waals surface area contributed by atoms with E-state index in [-0.39, 0.29) is 5.91 Å². The molecule has 1 fully saturated rings. The third-order valence-electron chi connectivity index (χ3n) is 4.02. The number of amides is 1. The van der Waals surface area contributed by atoms with Crippen LogP contribution < -0.4 is 14.4 Å². The van der Waals surface area contributed by atoms with E-state index in [4.69, 9.17) is 21.7 Å². The van der Waals surface area contributed by atoms with E-state index < -0.39 is 0 Å². The minimum Gasteiger partial charge on any atom is -0.490 e. The third kappa shape index (κ3) is 4.99. The molecule has 1 amide bonds. The Bertz CT molecular complexity index is 978. The fraction of sp³-hybridized carbons (Fsp3) is 0.238. The second-order valence-corrected chi connectivity index (χ2v) is 9.32. The van der Waals surface area contributed by atoms with E-state index in [1.54, 1.807) is 16.7 Å². The molecule has 1 aliphatic rings. The van der Waals surface area contributed by atoms with Gasteiger partial charge in [0, 0.05) is 4.90 Å². The highest BCUT2D eigenvalue weighted by molar-refractivity contribution is 9.10. The molecule has 29 heavy (non-hydrogen) atoms. The Hall–Kier alpha value is -1.48. The zero-order valence-electron chi connectivity index (χ0n) is 16.2. The maximum atomic E-state index is 13.1. The Morgan fingerprint density at radius 3 is 2.66 bits per heavy atom. The Balaban J connectivity index is 1.95. The van der Waals surface area contributed by atoms with Gasteiger partial charge in [-0.15, -0.1) is 11.8 Å². The van der Waals surface area contributed by atoms with Gasteiger partial charge in [0.1, 0.15) is 0 Å². The predicted octanol–water partition coefficient (Wildman–Crippen LogP) is 6.37. The van der Waals surface area contributed by atoms with E-state index in [1.165, 1.54) is 11.8 Å². The number of carbonyl (C=O) groups is 1. The van der Waals surface area contributed by atoms with Crippen LogP contribution in [0.25, 0.3) is 6.08 Å². The van der Waals surface area contributed by atoms with Crippen LogP contribution in [0.3, 0.4) is 0 Å². The van der Waals surface area contributed by atoms with Crippen LogP contribution in [0.15, 0.2) is 50.7 Å². The minimum absolute atomic E-state index is 0.124. The summed E-state index contributed by atoms with van der Waals surface area (Å²) >= 11 is 12.0. The average Bonchev–Trinajstić information content (AvgIpc) is 2.98. The highest BCUT2D eigenvalue weighted by Crippen LogP contribution is 2.40. The number of thioether (sulfide) groups is 2. The molecule has 0 saturated carbocycles. The van der Waals surface area contributed by atoms with Gasteiger partial charge in [-0.25, -0.2) is 0 Å². The summed E-state index contributed by atoms with van der Waals surface area (Å²) in [6.45, 7) is 4.90. The summed E-state index contributed by atoms with van der Waals surface area (Å²) in [6, 6.07) is 11.6. The molecule has 0 radical (unpaired) electrons. The third-order valence-corrected chi connectivity index (χ3v) is 6.64. The first-order chi connectivity index (χ1) is 14.0. The highest BCUT2D eigenvalue weighted by atomic mass is 79.9. The molecule has 0 bridgehead atoms. The monoisotopic (exact) mass is 509 g/mol. The van der Waals surface area contributed by atoms with Crippen molar-refractivity contribution in [2.45, 2.75) is 18.7 Å². The molecule has 4 nitrogen and oxygen atoms in total. The molecular formula is C21H20BrNO3S3. The Labute approximate surface area is 193 Å². The summed E-state index contributed by atoms with van der Waals surface area (Å²) < 4.78 is 12.7. The van der Waals surface area contributed by atoms with Crippen LogP contribution in [0.1, 0.15) is 19.4 Å². The quantitative estimate of drug-likeness (QED) is 0.245. The number of thiocarbonyl (C=S) groups is 1. The van der Waals surface area contributed by atoms with Gasteiger partial charge in [0.2, 0.25) is 0 Å². The van der Waals surface area contributed by atoms with E-state index in [9.17, 15) is 4.79 Å². The lowest BCUT2D eigenvalue weighted by atomic mass is 10.1. The van der Waals surface area contributed by atoms with Crippen LogP contribution in [-0.2, 0) is 4.79 Å². The zero-order valence-corrected chi connectivity index (χ0v) is 20.3. The first kappa shape index (κ1) is 22.2. The van der Waals surface area contributed by atoms with Crippen molar-refractivity contribution in [3.63, 3.8) is 0 Å². The van der Waals surface area contributed by atoms with Crippen LogP contribution in [0, 0.1) is 0 Å². The summed E-state index contributed by atoms with van der Waals surface area (Å²) in [5.41, 5.74) is 1.62. The number of halogens is 1. The molecule has 0 aromatic heterocycles. The SMILES string of the molecule is CCOc1cc(/C=C2/SC(=S)N(c3cccc(SC)c3)C2=O)cc(Br)c1OCC.